The molecule has 3 rings (SSSR count). The monoisotopic (exact) mass is 240 g/mol. The summed E-state index contributed by atoms with van der Waals surface area (Å²) in [5.74, 6) is 1.95. The van der Waals surface area contributed by atoms with Crippen LogP contribution in [0.4, 0.5) is 0 Å². The SMILES string of the molecule is COc1cccc2c1Cc1c(cccc1OC)C2. The number of ether oxygens (including phenoxy) is 2. The molecular formula is C16H16O2. The summed E-state index contributed by atoms with van der Waals surface area (Å²) in [6.07, 6.45) is 1.84. The highest BCUT2D eigenvalue weighted by molar-refractivity contribution is 5.54. The standard InChI is InChI=1S/C16H16O2/c1-17-15-7-3-5-11-9-12-6-4-8-16(18-2)14(12)10-13(11)15/h3-8H,9-10H2,1-2H3. The van der Waals surface area contributed by atoms with Gasteiger partial charge in [-0.3, -0.25) is 0 Å². The lowest BCUT2D eigenvalue weighted by molar-refractivity contribution is 0.403. The van der Waals surface area contributed by atoms with E-state index in [9.17, 15) is 0 Å². The molecule has 0 unspecified atom stereocenters. The van der Waals surface area contributed by atoms with Crippen molar-refractivity contribution in [1.82, 2.24) is 0 Å². The quantitative estimate of drug-likeness (QED) is 0.685. The van der Waals surface area contributed by atoms with E-state index >= 15 is 0 Å². The number of rotatable bonds is 2. The number of fused-ring (bicyclic) bond motifs is 2. The molecule has 2 nitrogen and oxygen atoms in total. The van der Waals surface area contributed by atoms with Crippen molar-refractivity contribution in [3.8, 4) is 11.5 Å². The van der Waals surface area contributed by atoms with Gasteiger partial charge >= 0.3 is 0 Å². The zero-order valence-corrected chi connectivity index (χ0v) is 10.7. The van der Waals surface area contributed by atoms with E-state index in [2.05, 4.69) is 24.3 Å². The van der Waals surface area contributed by atoms with Crippen LogP contribution in [0.15, 0.2) is 36.4 Å². The van der Waals surface area contributed by atoms with Crippen molar-refractivity contribution in [1.29, 1.82) is 0 Å². The number of hydrogen-bond acceptors (Lipinski definition) is 2. The summed E-state index contributed by atoms with van der Waals surface area (Å²) in [6, 6.07) is 12.5. The topological polar surface area (TPSA) is 18.5 Å². The predicted molar refractivity (Wildman–Crippen MR) is 71.6 cm³/mol. The van der Waals surface area contributed by atoms with Crippen LogP contribution in [0.2, 0.25) is 0 Å². The first-order valence-corrected chi connectivity index (χ1v) is 6.13. The molecule has 0 heterocycles. The van der Waals surface area contributed by atoms with Gasteiger partial charge in [0.05, 0.1) is 14.2 Å². The zero-order chi connectivity index (χ0) is 12.5. The van der Waals surface area contributed by atoms with E-state index in [0.29, 0.717) is 0 Å². The average Bonchev–Trinajstić information content (AvgIpc) is 2.43. The molecule has 92 valence electrons. The van der Waals surface area contributed by atoms with E-state index in [1.54, 1.807) is 14.2 Å². The van der Waals surface area contributed by atoms with Crippen LogP contribution in [0.3, 0.4) is 0 Å². The fourth-order valence-corrected chi connectivity index (χ4v) is 2.72. The van der Waals surface area contributed by atoms with Crippen molar-refractivity contribution in [2.24, 2.45) is 0 Å². The minimum Gasteiger partial charge on any atom is -0.496 e. The van der Waals surface area contributed by atoms with E-state index in [4.69, 9.17) is 9.47 Å². The molecular weight excluding hydrogens is 224 g/mol. The Kier molecular flexibility index (Phi) is 2.71. The van der Waals surface area contributed by atoms with E-state index in [1.807, 2.05) is 12.1 Å². The summed E-state index contributed by atoms with van der Waals surface area (Å²) in [5.41, 5.74) is 5.29. The Labute approximate surface area is 107 Å². The van der Waals surface area contributed by atoms with Gasteiger partial charge in [-0.2, -0.15) is 0 Å². The normalized spacial score (nSPS) is 12.6. The molecule has 0 radical (unpaired) electrons. The molecule has 0 saturated carbocycles. The first-order valence-electron chi connectivity index (χ1n) is 6.13. The van der Waals surface area contributed by atoms with Crippen LogP contribution in [-0.2, 0) is 12.8 Å². The van der Waals surface area contributed by atoms with Crippen LogP contribution in [-0.4, -0.2) is 14.2 Å². The Hall–Kier alpha value is -1.96. The summed E-state index contributed by atoms with van der Waals surface area (Å²) >= 11 is 0. The van der Waals surface area contributed by atoms with Crippen LogP contribution in [0.1, 0.15) is 22.3 Å². The van der Waals surface area contributed by atoms with Crippen molar-refractivity contribution in [2.75, 3.05) is 14.2 Å². The second-order valence-corrected chi connectivity index (χ2v) is 4.55. The van der Waals surface area contributed by atoms with Crippen LogP contribution in [0, 0.1) is 0 Å². The van der Waals surface area contributed by atoms with Crippen molar-refractivity contribution < 1.29 is 9.47 Å². The summed E-state index contributed by atoms with van der Waals surface area (Å²) in [6.45, 7) is 0. The molecule has 2 aromatic carbocycles. The van der Waals surface area contributed by atoms with Crippen molar-refractivity contribution in [3.63, 3.8) is 0 Å². The molecule has 0 N–H and O–H groups in total. The first-order chi connectivity index (χ1) is 8.83. The molecule has 0 saturated heterocycles. The van der Waals surface area contributed by atoms with E-state index in [0.717, 1.165) is 24.3 Å². The Morgan fingerprint density at radius 1 is 0.722 bits per heavy atom. The molecule has 0 fully saturated rings. The van der Waals surface area contributed by atoms with Crippen LogP contribution < -0.4 is 9.47 Å². The summed E-state index contributed by atoms with van der Waals surface area (Å²) < 4.78 is 10.9. The molecule has 0 aliphatic heterocycles. The lowest BCUT2D eigenvalue weighted by Gasteiger charge is -2.23. The lowest BCUT2D eigenvalue weighted by Crippen LogP contribution is -2.10. The van der Waals surface area contributed by atoms with Crippen molar-refractivity contribution >= 4 is 0 Å². The first kappa shape index (κ1) is 11.1. The predicted octanol–water partition coefficient (Wildman–Crippen LogP) is 3.20. The highest BCUT2D eigenvalue weighted by atomic mass is 16.5. The molecule has 1 aliphatic rings. The van der Waals surface area contributed by atoms with Crippen LogP contribution >= 0.6 is 0 Å². The maximum absolute atomic E-state index is 5.46. The van der Waals surface area contributed by atoms with Crippen LogP contribution in [0.5, 0.6) is 11.5 Å². The molecule has 18 heavy (non-hydrogen) atoms. The van der Waals surface area contributed by atoms with Gasteiger partial charge in [-0.05, 0) is 29.7 Å². The fourth-order valence-electron chi connectivity index (χ4n) is 2.72. The van der Waals surface area contributed by atoms with Crippen molar-refractivity contribution in [3.05, 3.63) is 58.7 Å². The smallest absolute Gasteiger partial charge is 0.122 e. The maximum atomic E-state index is 5.46. The largest absolute Gasteiger partial charge is 0.496 e. The minimum absolute atomic E-state index is 0.888. The third kappa shape index (κ3) is 1.65. The van der Waals surface area contributed by atoms with Crippen LogP contribution in [0.25, 0.3) is 0 Å². The number of methoxy groups -OCH3 is 2. The van der Waals surface area contributed by atoms with Gasteiger partial charge < -0.3 is 9.47 Å². The lowest BCUT2D eigenvalue weighted by atomic mass is 9.85. The molecule has 0 bridgehead atoms. The van der Waals surface area contributed by atoms with Gasteiger partial charge in [-0.1, -0.05) is 24.3 Å². The third-order valence-electron chi connectivity index (χ3n) is 3.63. The average molecular weight is 240 g/mol. The summed E-state index contributed by atoms with van der Waals surface area (Å²) in [4.78, 5) is 0. The molecule has 0 atom stereocenters. The molecule has 1 aliphatic carbocycles. The minimum atomic E-state index is 0.888. The highest BCUT2D eigenvalue weighted by Gasteiger charge is 2.20. The fraction of sp³-hybridized carbons (Fsp3) is 0.250. The van der Waals surface area contributed by atoms with E-state index < -0.39 is 0 Å². The van der Waals surface area contributed by atoms with E-state index in [-0.39, 0.29) is 0 Å². The highest BCUT2D eigenvalue weighted by Crippen LogP contribution is 2.36. The third-order valence-corrected chi connectivity index (χ3v) is 3.63. The van der Waals surface area contributed by atoms with Gasteiger partial charge in [-0.25, -0.2) is 0 Å². The second-order valence-electron chi connectivity index (χ2n) is 4.55. The van der Waals surface area contributed by atoms with Gasteiger partial charge in [0.2, 0.25) is 0 Å². The number of hydrogen-bond donors (Lipinski definition) is 0. The Morgan fingerprint density at radius 2 is 1.22 bits per heavy atom. The zero-order valence-electron chi connectivity index (χ0n) is 10.7. The molecule has 0 aromatic heterocycles. The molecule has 2 aromatic rings. The Balaban J connectivity index is 2.12. The van der Waals surface area contributed by atoms with Gasteiger partial charge in [-0.15, -0.1) is 0 Å². The molecule has 0 amide bonds. The molecule has 0 spiro atoms. The Bertz CT molecular complexity index is 536. The van der Waals surface area contributed by atoms with Gasteiger partial charge in [0.15, 0.2) is 0 Å². The molecule has 2 heteroatoms. The second kappa shape index (κ2) is 4.37. The maximum Gasteiger partial charge on any atom is 0.122 e. The summed E-state index contributed by atoms with van der Waals surface area (Å²) in [7, 11) is 3.46. The van der Waals surface area contributed by atoms with Gasteiger partial charge in [0.25, 0.3) is 0 Å². The van der Waals surface area contributed by atoms with Crippen molar-refractivity contribution in [2.45, 2.75) is 12.8 Å². The van der Waals surface area contributed by atoms with E-state index in [1.165, 1.54) is 22.3 Å². The van der Waals surface area contributed by atoms with Gasteiger partial charge in [0.1, 0.15) is 11.5 Å². The van der Waals surface area contributed by atoms with Gasteiger partial charge in [0, 0.05) is 17.5 Å². The Morgan fingerprint density at radius 3 is 1.67 bits per heavy atom. The summed E-state index contributed by atoms with van der Waals surface area (Å²) in [5, 5.41) is 0. The number of benzene rings is 2.